The Balaban J connectivity index is 2.18. The molecule has 0 aromatic carbocycles. The van der Waals surface area contributed by atoms with Crippen LogP contribution >= 0.6 is 0 Å². The molecule has 1 aromatic heterocycles. The third kappa shape index (κ3) is 21.8. The Morgan fingerprint density at radius 2 is 0.786 bits per heavy atom. The van der Waals surface area contributed by atoms with E-state index in [4.69, 9.17) is 0 Å². The Kier molecular flexibility index (Phi) is 28.3. The van der Waals surface area contributed by atoms with Gasteiger partial charge in [-0.25, -0.2) is 9.55 Å². The van der Waals surface area contributed by atoms with Crippen molar-refractivity contribution in [3.63, 3.8) is 0 Å². The van der Waals surface area contributed by atoms with Gasteiger partial charge in [-0.3, -0.25) is 0 Å². The van der Waals surface area contributed by atoms with Crippen LogP contribution < -0.4 is 4.57 Å². The number of H-pyrrole nitrogens is 1. The minimum atomic E-state index is 0.620. The number of nitrogens with zero attached hydrogens (tertiary/aromatic N) is 1. The van der Waals surface area contributed by atoms with Crippen molar-refractivity contribution in [1.82, 2.24) is 4.98 Å². The Morgan fingerprint density at radius 1 is 0.452 bits per heavy atom. The maximum atomic E-state index is 3.70. The summed E-state index contributed by atoms with van der Waals surface area (Å²) in [5.74, 6) is 2.23. The van der Waals surface area contributed by atoms with Gasteiger partial charge in [-0.05, 0) is 32.6 Å². The molecule has 2 nitrogen and oxygen atoms in total. The largest absolute Gasteiger partial charge is 0.257 e. The summed E-state index contributed by atoms with van der Waals surface area (Å²) in [5.41, 5.74) is 0. The van der Waals surface area contributed by atoms with Gasteiger partial charge in [0.25, 0.3) is 5.82 Å². The van der Waals surface area contributed by atoms with E-state index in [1.54, 1.807) is 0 Å². The first-order valence-electron chi connectivity index (χ1n) is 19.8. The van der Waals surface area contributed by atoms with Crippen LogP contribution in [-0.4, -0.2) is 4.98 Å². The fraction of sp³-hybridized carbons (Fsp3) is 0.925. The highest BCUT2D eigenvalue weighted by Crippen LogP contribution is 2.27. The van der Waals surface area contributed by atoms with Gasteiger partial charge < -0.3 is 0 Å². The van der Waals surface area contributed by atoms with E-state index in [1.165, 1.54) is 205 Å². The molecule has 0 aliphatic carbocycles. The molecule has 0 bridgehead atoms. The fourth-order valence-corrected chi connectivity index (χ4v) is 6.94. The lowest BCUT2D eigenvalue weighted by Crippen LogP contribution is -2.41. The molecular weight excluding hydrogens is 508 g/mol. The van der Waals surface area contributed by atoms with E-state index >= 15 is 0 Å². The highest BCUT2D eigenvalue weighted by molar-refractivity contribution is 4.90. The average molecular weight is 588 g/mol. The number of aromatic nitrogens is 2. The van der Waals surface area contributed by atoms with Crippen molar-refractivity contribution in [2.45, 2.75) is 239 Å². The van der Waals surface area contributed by atoms with Crippen LogP contribution in [0, 0.1) is 0 Å². The third-order valence-electron chi connectivity index (χ3n) is 9.89. The van der Waals surface area contributed by atoms with Crippen LogP contribution in [0.1, 0.15) is 245 Å². The van der Waals surface area contributed by atoms with Crippen LogP contribution in [0.15, 0.2) is 12.4 Å². The molecule has 0 saturated carbocycles. The van der Waals surface area contributed by atoms with Gasteiger partial charge in [0, 0.05) is 0 Å². The summed E-state index contributed by atoms with van der Waals surface area (Å²) in [6.45, 7) is 9.43. The number of hydrogen-bond acceptors (Lipinski definition) is 0. The van der Waals surface area contributed by atoms with Crippen LogP contribution in [0.4, 0.5) is 0 Å². The lowest BCUT2D eigenvalue weighted by atomic mass is 9.93. The molecule has 0 amide bonds. The molecule has 2 unspecified atom stereocenters. The molecule has 0 fully saturated rings. The molecule has 0 aliphatic heterocycles. The first-order chi connectivity index (χ1) is 20.7. The molecule has 0 aliphatic rings. The normalized spacial score (nSPS) is 13.1. The molecule has 0 spiro atoms. The second-order valence-electron chi connectivity index (χ2n) is 14.0. The number of unbranched alkanes of at least 4 members (excludes halogenated alkanes) is 25. The summed E-state index contributed by atoms with van der Waals surface area (Å²) in [6.07, 6.45) is 48.7. The molecule has 1 aromatic rings. The van der Waals surface area contributed by atoms with Crippen molar-refractivity contribution in [2.75, 3.05) is 0 Å². The Bertz CT molecular complexity index is 650. The van der Waals surface area contributed by atoms with Gasteiger partial charge in [-0.15, -0.1) is 0 Å². The van der Waals surface area contributed by atoms with Crippen molar-refractivity contribution in [1.29, 1.82) is 0 Å². The molecule has 1 heterocycles. The molecule has 2 heteroatoms. The van der Waals surface area contributed by atoms with Crippen LogP contribution in [0.25, 0.3) is 0 Å². The lowest BCUT2D eigenvalue weighted by molar-refractivity contribution is -0.727. The first kappa shape index (κ1) is 39.2. The molecular formula is C40H79N2+. The Labute approximate surface area is 266 Å². The smallest absolute Gasteiger partial charge is 0.247 e. The van der Waals surface area contributed by atoms with E-state index in [0.29, 0.717) is 12.0 Å². The Morgan fingerprint density at radius 3 is 1.19 bits per heavy atom. The van der Waals surface area contributed by atoms with Crippen LogP contribution in [0.5, 0.6) is 0 Å². The predicted molar refractivity (Wildman–Crippen MR) is 189 cm³/mol. The zero-order chi connectivity index (χ0) is 30.4. The summed E-state index contributed by atoms with van der Waals surface area (Å²) in [7, 11) is 0. The minimum Gasteiger partial charge on any atom is -0.247 e. The molecule has 248 valence electrons. The van der Waals surface area contributed by atoms with E-state index in [2.05, 4.69) is 49.6 Å². The first-order valence-corrected chi connectivity index (χ1v) is 19.8. The van der Waals surface area contributed by atoms with Gasteiger partial charge in [0.15, 0.2) is 0 Å². The minimum absolute atomic E-state index is 0.620. The number of imidazole rings is 1. The molecule has 1 N–H and O–H groups in total. The third-order valence-corrected chi connectivity index (χ3v) is 9.89. The highest BCUT2D eigenvalue weighted by Gasteiger charge is 2.25. The van der Waals surface area contributed by atoms with Crippen molar-refractivity contribution in [3.8, 4) is 0 Å². The zero-order valence-electron chi connectivity index (χ0n) is 29.7. The maximum absolute atomic E-state index is 3.70. The maximum Gasteiger partial charge on any atom is 0.257 e. The number of nitrogens with one attached hydrogen (secondary N) is 1. The summed E-state index contributed by atoms with van der Waals surface area (Å²) >= 11 is 0. The van der Waals surface area contributed by atoms with Crippen molar-refractivity contribution < 1.29 is 4.57 Å². The monoisotopic (exact) mass is 588 g/mol. The second-order valence-corrected chi connectivity index (χ2v) is 14.0. The standard InChI is InChI=1S/C40H78N2/c1-5-8-11-13-15-17-19-21-22-24-26-28-30-32-35-39(34-10-7-3)40-41-36-37-42(40)38(4)33-31-29-27-25-23-20-18-16-14-12-9-6-2/h36-39H,5-35H2,1-4H3/p+1. The van der Waals surface area contributed by atoms with Crippen LogP contribution in [-0.2, 0) is 0 Å². The van der Waals surface area contributed by atoms with E-state index in [0.717, 1.165) is 0 Å². The van der Waals surface area contributed by atoms with E-state index in [9.17, 15) is 0 Å². The molecule has 2 atom stereocenters. The van der Waals surface area contributed by atoms with Gasteiger partial charge in [0.05, 0.1) is 12.0 Å². The average Bonchev–Trinajstić information content (AvgIpc) is 3.49. The van der Waals surface area contributed by atoms with Crippen LogP contribution in [0.3, 0.4) is 0 Å². The van der Waals surface area contributed by atoms with Crippen molar-refractivity contribution >= 4 is 0 Å². The summed E-state index contributed by atoms with van der Waals surface area (Å²) in [5, 5.41) is 0. The molecule has 0 saturated heterocycles. The molecule has 42 heavy (non-hydrogen) atoms. The summed E-state index contributed by atoms with van der Waals surface area (Å²) in [4.78, 5) is 3.70. The number of hydrogen-bond donors (Lipinski definition) is 1. The fourth-order valence-electron chi connectivity index (χ4n) is 6.94. The van der Waals surface area contributed by atoms with Crippen LogP contribution in [0.2, 0.25) is 0 Å². The zero-order valence-corrected chi connectivity index (χ0v) is 29.7. The second kappa shape index (κ2) is 30.2. The highest BCUT2D eigenvalue weighted by atomic mass is 15.1. The topological polar surface area (TPSA) is 19.7 Å². The van der Waals surface area contributed by atoms with Gasteiger partial charge in [-0.1, -0.05) is 194 Å². The predicted octanol–water partition coefficient (Wildman–Crippen LogP) is 14.1. The van der Waals surface area contributed by atoms with Gasteiger partial charge in [0.2, 0.25) is 0 Å². The van der Waals surface area contributed by atoms with E-state index < -0.39 is 0 Å². The van der Waals surface area contributed by atoms with Crippen molar-refractivity contribution in [3.05, 3.63) is 18.2 Å². The summed E-state index contributed by atoms with van der Waals surface area (Å²) in [6, 6.07) is 0.620. The van der Waals surface area contributed by atoms with E-state index in [-0.39, 0.29) is 0 Å². The molecule has 1 rings (SSSR count). The lowest BCUT2D eigenvalue weighted by Gasteiger charge is -2.17. The summed E-state index contributed by atoms with van der Waals surface area (Å²) < 4.78 is 2.61. The van der Waals surface area contributed by atoms with Gasteiger partial charge in [-0.2, -0.15) is 0 Å². The Hall–Kier alpha value is -0.790. The van der Waals surface area contributed by atoms with E-state index in [1.807, 2.05) is 0 Å². The SMILES string of the molecule is CCCCCCCCCCCCCCCCC(CCCC)c1[nH]cc[n+]1C(C)CCCCCCCCCCCCCC. The molecule has 0 radical (unpaired) electrons. The number of rotatable bonds is 33. The van der Waals surface area contributed by atoms with Crippen molar-refractivity contribution in [2.24, 2.45) is 0 Å². The van der Waals surface area contributed by atoms with Gasteiger partial charge >= 0.3 is 0 Å². The van der Waals surface area contributed by atoms with Gasteiger partial charge in [0.1, 0.15) is 12.4 Å². The quantitative estimate of drug-likeness (QED) is 0.0623. The number of aromatic amines is 1.